The van der Waals surface area contributed by atoms with Gasteiger partial charge < -0.3 is 24.7 Å². The summed E-state index contributed by atoms with van der Waals surface area (Å²) >= 11 is 0. The fraction of sp³-hybridized carbons (Fsp3) is 0.600. The van der Waals surface area contributed by atoms with E-state index in [-0.39, 0.29) is 0 Å². The van der Waals surface area contributed by atoms with Gasteiger partial charge in [0, 0.05) is 12.3 Å². The van der Waals surface area contributed by atoms with Crippen LogP contribution in [0.3, 0.4) is 0 Å². The van der Waals surface area contributed by atoms with Crippen LogP contribution in [0.15, 0.2) is 21.9 Å². The first-order valence-electron chi connectivity index (χ1n) is 6.15. The molecule has 1 saturated heterocycles. The van der Waals surface area contributed by atoms with E-state index in [0.29, 0.717) is 4.57 Å². The lowest BCUT2D eigenvalue weighted by molar-refractivity contribution is -0.205. The van der Waals surface area contributed by atoms with Crippen molar-refractivity contribution in [3.05, 3.63) is 33.1 Å². The van der Waals surface area contributed by atoms with E-state index >= 15 is 0 Å². The molecule has 1 aliphatic heterocycles. The molecule has 1 aliphatic rings. The van der Waals surface area contributed by atoms with Crippen molar-refractivity contribution in [3.8, 4) is 0 Å². The van der Waals surface area contributed by atoms with Crippen molar-refractivity contribution in [2.75, 3.05) is 6.61 Å². The number of aliphatic hydroxyl groups is 2. The predicted octanol–water partition coefficient (Wildman–Crippen LogP) is -2.05. The smallest absolute Gasteiger partial charge is 0.384 e. The van der Waals surface area contributed by atoms with E-state index in [1.165, 1.54) is 0 Å². The van der Waals surface area contributed by atoms with E-state index in [1.807, 2.05) is 4.98 Å². The van der Waals surface area contributed by atoms with Crippen LogP contribution in [0.25, 0.3) is 0 Å². The highest BCUT2D eigenvalue weighted by atomic mass is 31.2. The van der Waals surface area contributed by atoms with Gasteiger partial charge in [-0.25, -0.2) is 13.8 Å². The van der Waals surface area contributed by atoms with Crippen LogP contribution in [0.4, 0.5) is 4.39 Å². The first-order chi connectivity index (χ1) is 10.4. The summed E-state index contributed by atoms with van der Waals surface area (Å²) in [4.78, 5) is 41.8. The minimum atomic E-state index is -5.07. The molecule has 0 saturated carbocycles. The van der Waals surface area contributed by atoms with E-state index in [9.17, 15) is 28.8 Å². The van der Waals surface area contributed by atoms with Crippen molar-refractivity contribution in [2.24, 2.45) is 0 Å². The van der Waals surface area contributed by atoms with Crippen LogP contribution in [0.1, 0.15) is 13.2 Å². The summed E-state index contributed by atoms with van der Waals surface area (Å²) in [6, 6.07) is 0.900. The number of phosphoric acid groups is 1. The third-order valence-corrected chi connectivity index (χ3v) is 3.77. The molecule has 13 heteroatoms. The zero-order valence-electron chi connectivity index (χ0n) is 11.6. The third-order valence-electron chi connectivity index (χ3n) is 3.30. The molecule has 0 bridgehead atoms. The maximum Gasteiger partial charge on any atom is 0.469 e. The molecule has 11 nitrogen and oxygen atoms in total. The second-order valence-corrected chi connectivity index (χ2v) is 6.41. The molecule has 4 atom stereocenters. The van der Waals surface area contributed by atoms with Crippen LogP contribution < -0.4 is 11.2 Å². The number of alkyl halides is 1. The Bertz CT molecular complexity index is 755. The Labute approximate surface area is 127 Å². The molecular weight excluding hydrogens is 342 g/mol. The van der Waals surface area contributed by atoms with Crippen molar-refractivity contribution in [1.29, 1.82) is 0 Å². The molecule has 5 N–H and O–H groups in total. The van der Waals surface area contributed by atoms with Crippen LogP contribution in [-0.2, 0) is 13.8 Å². The van der Waals surface area contributed by atoms with Gasteiger partial charge in [-0.1, -0.05) is 0 Å². The Morgan fingerprint density at radius 3 is 2.65 bits per heavy atom. The zero-order valence-corrected chi connectivity index (χ0v) is 12.5. The number of aliphatic hydroxyl groups excluding tert-OH is 1. The number of hydrogen-bond donors (Lipinski definition) is 5. The van der Waals surface area contributed by atoms with Gasteiger partial charge in [0.1, 0.15) is 18.3 Å². The quantitative estimate of drug-likeness (QED) is 0.381. The Balaban J connectivity index is 2.38. The van der Waals surface area contributed by atoms with Gasteiger partial charge in [0.2, 0.25) is 0 Å². The lowest BCUT2D eigenvalue weighted by Crippen LogP contribution is -2.50. The molecule has 0 aliphatic carbocycles. The van der Waals surface area contributed by atoms with Gasteiger partial charge in [0.05, 0.1) is 0 Å². The second-order valence-electron chi connectivity index (χ2n) is 5.17. The fourth-order valence-corrected chi connectivity index (χ4v) is 2.52. The molecule has 0 spiro atoms. The molecule has 1 aromatic heterocycles. The molecular formula is C10H14FN2O9P. The summed E-state index contributed by atoms with van der Waals surface area (Å²) in [6.45, 7) is -0.456. The molecule has 2 rings (SSSR count). The number of H-pyrrole nitrogens is 1. The Morgan fingerprint density at radius 2 is 2.13 bits per heavy atom. The highest BCUT2D eigenvalue weighted by Gasteiger charge is 2.63. The highest BCUT2D eigenvalue weighted by molar-refractivity contribution is 7.46. The SMILES string of the molecule is CC1(O)C(n2ccc(=O)[nH]c2=O)OC(F)(COP(=O)(O)O)C1O. The molecule has 130 valence electrons. The van der Waals surface area contributed by atoms with Crippen molar-refractivity contribution >= 4 is 7.82 Å². The van der Waals surface area contributed by atoms with Crippen LogP contribution in [0, 0.1) is 0 Å². The Kier molecular flexibility index (Phi) is 4.37. The van der Waals surface area contributed by atoms with Crippen molar-refractivity contribution in [2.45, 2.75) is 30.7 Å². The van der Waals surface area contributed by atoms with E-state index in [2.05, 4.69) is 4.52 Å². The zero-order chi connectivity index (χ0) is 17.6. The number of nitrogens with zero attached hydrogens (tertiary/aromatic N) is 1. The molecule has 1 aromatic rings. The first kappa shape index (κ1) is 17.9. The number of aromatic amines is 1. The van der Waals surface area contributed by atoms with E-state index in [0.717, 1.165) is 19.2 Å². The van der Waals surface area contributed by atoms with Gasteiger partial charge in [-0.3, -0.25) is 18.9 Å². The Hall–Kier alpha value is -1.40. The summed E-state index contributed by atoms with van der Waals surface area (Å²) in [6.07, 6.45) is -3.18. The summed E-state index contributed by atoms with van der Waals surface area (Å²) in [5.41, 5.74) is -4.16. The molecule has 1 fully saturated rings. The summed E-state index contributed by atoms with van der Waals surface area (Å²) in [7, 11) is -5.07. The van der Waals surface area contributed by atoms with Gasteiger partial charge in [-0.2, -0.15) is 0 Å². The summed E-state index contributed by atoms with van der Waals surface area (Å²) in [5.74, 6) is -3.20. The molecule has 23 heavy (non-hydrogen) atoms. The van der Waals surface area contributed by atoms with Crippen molar-refractivity contribution in [1.82, 2.24) is 9.55 Å². The molecule has 0 radical (unpaired) electrons. The van der Waals surface area contributed by atoms with Gasteiger partial charge >= 0.3 is 13.5 Å². The van der Waals surface area contributed by atoms with Crippen LogP contribution in [0.5, 0.6) is 0 Å². The van der Waals surface area contributed by atoms with E-state index in [4.69, 9.17) is 14.5 Å². The average Bonchev–Trinajstić information content (AvgIpc) is 2.58. The second kappa shape index (κ2) is 5.60. The number of phosphoric ester groups is 1. The number of rotatable bonds is 4. The predicted molar refractivity (Wildman–Crippen MR) is 69.9 cm³/mol. The largest absolute Gasteiger partial charge is 0.469 e. The van der Waals surface area contributed by atoms with Gasteiger partial charge in [-0.05, 0) is 6.92 Å². The number of ether oxygens (including phenoxy) is 1. The summed E-state index contributed by atoms with van der Waals surface area (Å²) in [5, 5.41) is 20.1. The van der Waals surface area contributed by atoms with Gasteiger partial charge in [0.25, 0.3) is 11.4 Å². The normalized spacial score (nSPS) is 34.7. The van der Waals surface area contributed by atoms with Crippen LogP contribution in [-0.4, -0.2) is 53.7 Å². The van der Waals surface area contributed by atoms with Crippen LogP contribution >= 0.6 is 7.82 Å². The molecule has 0 amide bonds. The number of nitrogens with one attached hydrogen (secondary N) is 1. The monoisotopic (exact) mass is 356 g/mol. The highest BCUT2D eigenvalue weighted by Crippen LogP contribution is 2.47. The van der Waals surface area contributed by atoms with E-state index in [1.54, 1.807) is 0 Å². The third kappa shape index (κ3) is 3.43. The first-order valence-corrected chi connectivity index (χ1v) is 7.68. The number of hydrogen-bond acceptors (Lipinski definition) is 7. The maximum atomic E-state index is 14.6. The minimum absolute atomic E-state index is 0.615. The average molecular weight is 356 g/mol. The maximum absolute atomic E-state index is 14.6. The summed E-state index contributed by atoms with van der Waals surface area (Å²) < 4.78 is 34.6. The lowest BCUT2D eigenvalue weighted by Gasteiger charge is -2.27. The molecule has 0 aromatic carbocycles. The van der Waals surface area contributed by atoms with Crippen molar-refractivity contribution in [3.63, 3.8) is 0 Å². The van der Waals surface area contributed by atoms with Crippen LogP contribution in [0.2, 0.25) is 0 Å². The Morgan fingerprint density at radius 1 is 1.52 bits per heavy atom. The standard InChI is InChI=1S/C10H14FN2O9P/c1-9(17)6(15)10(11,4-21-23(18,19)20)22-7(9)13-3-2-5(14)12-8(13)16/h2-3,6-7,15,17H,4H2,1H3,(H,12,14,16)(H2,18,19,20). The number of halogens is 1. The van der Waals surface area contributed by atoms with Gasteiger partial charge in [0.15, 0.2) is 6.23 Å². The number of aromatic nitrogens is 2. The molecule has 4 unspecified atom stereocenters. The van der Waals surface area contributed by atoms with E-state index < -0.39 is 49.5 Å². The van der Waals surface area contributed by atoms with Crippen molar-refractivity contribution < 1.29 is 38.2 Å². The van der Waals surface area contributed by atoms with Gasteiger partial charge in [-0.15, -0.1) is 0 Å². The topological polar surface area (TPSA) is 171 Å². The minimum Gasteiger partial charge on any atom is -0.384 e. The fourth-order valence-electron chi connectivity index (χ4n) is 2.18. The molecule has 2 heterocycles. The lowest BCUT2D eigenvalue weighted by atomic mass is 9.95.